The average Bonchev–Trinajstić information content (AvgIpc) is 3.16. The van der Waals surface area contributed by atoms with Crippen LogP contribution < -0.4 is 10.1 Å². The van der Waals surface area contributed by atoms with Gasteiger partial charge in [0.25, 0.3) is 0 Å². The van der Waals surface area contributed by atoms with E-state index in [1.165, 1.54) is 12.1 Å². The molecule has 0 fully saturated rings. The van der Waals surface area contributed by atoms with Crippen LogP contribution in [0.1, 0.15) is 22.0 Å². The number of halogens is 3. The molecule has 1 aromatic heterocycles. The van der Waals surface area contributed by atoms with Gasteiger partial charge in [-0.3, -0.25) is 4.79 Å². The van der Waals surface area contributed by atoms with E-state index in [1.54, 1.807) is 35.6 Å². The van der Waals surface area contributed by atoms with E-state index < -0.39 is 6.61 Å². The van der Waals surface area contributed by atoms with Crippen LogP contribution in [0, 0.1) is 0 Å². The Morgan fingerprint density at radius 1 is 1.07 bits per heavy atom. The summed E-state index contributed by atoms with van der Waals surface area (Å²) in [5, 5.41) is 5.60. The van der Waals surface area contributed by atoms with Crippen LogP contribution >= 0.6 is 22.9 Å². The molecule has 0 saturated heterocycles. The first kappa shape index (κ1) is 19.3. The number of hydrogen-bond acceptors (Lipinski definition) is 3. The minimum Gasteiger partial charge on any atom is -0.435 e. The van der Waals surface area contributed by atoms with Crippen LogP contribution in [0.25, 0.3) is 0 Å². The summed E-state index contributed by atoms with van der Waals surface area (Å²) in [4.78, 5) is 13.5. The third-order valence-electron chi connectivity index (χ3n) is 3.85. The predicted molar refractivity (Wildman–Crippen MR) is 103 cm³/mol. The first-order valence-corrected chi connectivity index (χ1v) is 9.39. The molecule has 140 valence electrons. The Labute approximate surface area is 164 Å². The van der Waals surface area contributed by atoms with E-state index in [1.807, 2.05) is 29.6 Å². The summed E-state index contributed by atoms with van der Waals surface area (Å²) < 4.78 is 28.7. The van der Waals surface area contributed by atoms with Crippen LogP contribution in [-0.4, -0.2) is 12.5 Å². The van der Waals surface area contributed by atoms with E-state index in [0.29, 0.717) is 10.6 Å². The van der Waals surface area contributed by atoms with E-state index in [-0.39, 0.29) is 24.1 Å². The number of thiophene rings is 1. The van der Waals surface area contributed by atoms with E-state index in [0.717, 1.165) is 10.4 Å². The zero-order chi connectivity index (χ0) is 19.2. The molecule has 0 spiro atoms. The number of carbonyl (C=O) groups excluding carboxylic acids is 1. The molecule has 0 bridgehead atoms. The molecule has 1 atom stereocenters. The standard InChI is InChI=1S/C20H16ClF2NO2S/c21-15-7-5-14(6-8-15)19(17-2-1-11-27-17)24-18(25)12-13-3-9-16(10-4-13)26-20(22)23/h1-11,19-20H,12H2,(H,24,25). The van der Waals surface area contributed by atoms with Crippen LogP contribution in [0.3, 0.4) is 0 Å². The fourth-order valence-corrected chi connectivity index (χ4v) is 3.54. The second-order valence-electron chi connectivity index (χ2n) is 5.77. The number of carbonyl (C=O) groups is 1. The highest BCUT2D eigenvalue weighted by Gasteiger charge is 2.18. The number of hydrogen-bond donors (Lipinski definition) is 1. The molecule has 3 nitrogen and oxygen atoms in total. The lowest BCUT2D eigenvalue weighted by Crippen LogP contribution is -2.30. The van der Waals surface area contributed by atoms with Gasteiger partial charge in [0.15, 0.2) is 0 Å². The van der Waals surface area contributed by atoms with Crippen LogP contribution in [0.15, 0.2) is 66.0 Å². The van der Waals surface area contributed by atoms with Gasteiger partial charge in [-0.05, 0) is 46.8 Å². The van der Waals surface area contributed by atoms with Crippen molar-refractivity contribution in [3.05, 3.63) is 87.1 Å². The van der Waals surface area contributed by atoms with Crippen molar-refractivity contribution < 1.29 is 18.3 Å². The topological polar surface area (TPSA) is 38.3 Å². The lowest BCUT2D eigenvalue weighted by molar-refractivity contribution is -0.120. The Kier molecular flexibility index (Phi) is 6.42. The molecule has 7 heteroatoms. The van der Waals surface area contributed by atoms with Crippen LogP contribution in [0.4, 0.5) is 8.78 Å². The largest absolute Gasteiger partial charge is 0.435 e. The molecule has 1 heterocycles. The molecule has 0 aliphatic rings. The van der Waals surface area contributed by atoms with Gasteiger partial charge in [-0.2, -0.15) is 8.78 Å². The molecule has 1 N–H and O–H groups in total. The Balaban J connectivity index is 1.70. The van der Waals surface area contributed by atoms with Gasteiger partial charge in [-0.1, -0.05) is 41.9 Å². The molecule has 3 aromatic rings. The summed E-state index contributed by atoms with van der Waals surface area (Å²) in [5.74, 6) is -0.113. The highest BCUT2D eigenvalue weighted by Crippen LogP contribution is 2.27. The summed E-state index contributed by atoms with van der Waals surface area (Å²) in [6, 6.07) is 17.0. The first-order chi connectivity index (χ1) is 13.0. The zero-order valence-corrected chi connectivity index (χ0v) is 15.6. The maximum atomic E-state index is 12.5. The second-order valence-corrected chi connectivity index (χ2v) is 7.18. The first-order valence-electron chi connectivity index (χ1n) is 8.13. The summed E-state index contributed by atoms with van der Waals surface area (Å²) in [7, 11) is 0. The van der Waals surface area contributed by atoms with Crippen LogP contribution in [0.5, 0.6) is 5.75 Å². The summed E-state index contributed by atoms with van der Waals surface area (Å²) in [5.41, 5.74) is 1.63. The molecular formula is C20H16ClF2NO2S. The minimum atomic E-state index is -2.87. The quantitative estimate of drug-likeness (QED) is 0.565. The fraction of sp³-hybridized carbons (Fsp3) is 0.150. The van der Waals surface area contributed by atoms with Crippen LogP contribution in [-0.2, 0) is 11.2 Å². The highest BCUT2D eigenvalue weighted by atomic mass is 35.5. The van der Waals surface area contributed by atoms with Crippen molar-refractivity contribution in [2.45, 2.75) is 19.1 Å². The van der Waals surface area contributed by atoms with Gasteiger partial charge in [0.2, 0.25) is 5.91 Å². The Morgan fingerprint density at radius 2 is 1.78 bits per heavy atom. The van der Waals surface area contributed by atoms with Crippen molar-refractivity contribution in [1.29, 1.82) is 0 Å². The number of nitrogens with one attached hydrogen (secondary N) is 1. The number of benzene rings is 2. The summed E-state index contributed by atoms with van der Waals surface area (Å²) >= 11 is 7.51. The van der Waals surface area contributed by atoms with Gasteiger partial charge < -0.3 is 10.1 Å². The van der Waals surface area contributed by atoms with E-state index in [2.05, 4.69) is 10.1 Å². The Bertz CT molecular complexity index is 868. The van der Waals surface area contributed by atoms with Gasteiger partial charge >= 0.3 is 6.61 Å². The second kappa shape index (κ2) is 8.97. The molecule has 0 radical (unpaired) electrons. The SMILES string of the molecule is O=C(Cc1ccc(OC(F)F)cc1)NC(c1ccc(Cl)cc1)c1cccs1. The van der Waals surface area contributed by atoms with Crippen molar-refractivity contribution in [2.75, 3.05) is 0 Å². The van der Waals surface area contributed by atoms with Crippen molar-refractivity contribution in [1.82, 2.24) is 5.32 Å². The molecule has 0 aliphatic carbocycles. The fourth-order valence-electron chi connectivity index (χ4n) is 2.62. The van der Waals surface area contributed by atoms with Crippen LogP contribution in [0.2, 0.25) is 5.02 Å². The van der Waals surface area contributed by atoms with Gasteiger partial charge in [0.1, 0.15) is 5.75 Å². The molecular weight excluding hydrogens is 392 g/mol. The van der Waals surface area contributed by atoms with E-state index in [4.69, 9.17) is 11.6 Å². The molecule has 27 heavy (non-hydrogen) atoms. The lowest BCUT2D eigenvalue weighted by atomic mass is 10.0. The maximum absolute atomic E-state index is 12.5. The molecule has 3 rings (SSSR count). The number of ether oxygens (including phenoxy) is 1. The lowest BCUT2D eigenvalue weighted by Gasteiger charge is -2.18. The smallest absolute Gasteiger partial charge is 0.387 e. The Hall–Kier alpha value is -2.44. The minimum absolute atomic E-state index is 0.0618. The van der Waals surface area contributed by atoms with Crippen molar-refractivity contribution in [3.63, 3.8) is 0 Å². The summed E-state index contributed by atoms with van der Waals surface area (Å²) in [6.45, 7) is -2.87. The third kappa shape index (κ3) is 5.52. The van der Waals surface area contributed by atoms with Crippen molar-refractivity contribution >= 4 is 28.8 Å². The van der Waals surface area contributed by atoms with Gasteiger partial charge in [-0.15, -0.1) is 11.3 Å². The molecule has 2 aromatic carbocycles. The third-order valence-corrected chi connectivity index (χ3v) is 5.04. The van der Waals surface area contributed by atoms with Crippen molar-refractivity contribution in [3.8, 4) is 5.75 Å². The number of alkyl halides is 2. The molecule has 1 unspecified atom stereocenters. The molecule has 1 amide bonds. The summed E-state index contributed by atoms with van der Waals surface area (Å²) in [6.07, 6.45) is 0.129. The van der Waals surface area contributed by atoms with Gasteiger partial charge in [-0.25, -0.2) is 0 Å². The normalized spacial score (nSPS) is 12.0. The highest BCUT2D eigenvalue weighted by molar-refractivity contribution is 7.10. The number of rotatable bonds is 7. The molecule has 0 aliphatic heterocycles. The molecule has 0 saturated carbocycles. The van der Waals surface area contributed by atoms with Gasteiger partial charge in [0, 0.05) is 9.90 Å². The Morgan fingerprint density at radius 3 is 2.37 bits per heavy atom. The van der Waals surface area contributed by atoms with Gasteiger partial charge in [0.05, 0.1) is 12.5 Å². The van der Waals surface area contributed by atoms with E-state index >= 15 is 0 Å². The van der Waals surface area contributed by atoms with E-state index in [9.17, 15) is 13.6 Å². The predicted octanol–water partition coefficient (Wildman–Crippen LogP) is 5.45. The monoisotopic (exact) mass is 407 g/mol. The van der Waals surface area contributed by atoms with Crippen molar-refractivity contribution in [2.24, 2.45) is 0 Å². The average molecular weight is 408 g/mol. The zero-order valence-electron chi connectivity index (χ0n) is 14.1. The maximum Gasteiger partial charge on any atom is 0.387 e. The number of amides is 1.